The number of hydrogen-bond acceptors (Lipinski definition) is 4. The summed E-state index contributed by atoms with van der Waals surface area (Å²) in [6.45, 7) is 2.94. The van der Waals surface area contributed by atoms with Gasteiger partial charge in [-0.1, -0.05) is 18.2 Å². The number of nitrogens with one attached hydrogen (secondary N) is 1. The molecule has 22 heavy (non-hydrogen) atoms. The Morgan fingerprint density at radius 1 is 1.23 bits per heavy atom. The van der Waals surface area contributed by atoms with Gasteiger partial charge in [0.05, 0.1) is 19.3 Å². The van der Waals surface area contributed by atoms with Gasteiger partial charge in [-0.15, -0.1) is 0 Å². The summed E-state index contributed by atoms with van der Waals surface area (Å²) in [5, 5.41) is 2.93. The molecule has 2 aromatic rings. The van der Waals surface area contributed by atoms with E-state index in [9.17, 15) is 4.79 Å². The maximum atomic E-state index is 12.2. The summed E-state index contributed by atoms with van der Waals surface area (Å²) in [6, 6.07) is 12.6. The molecule has 1 heterocycles. The van der Waals surface area contributed by atoms with Gasteiger partial charge in [0.1, 0.15) is 11.4 Å². The number of nitrogens with zero attached hydrogens (tertiary/aromatic N) is 1. The Kier molecular flexibility index (Phi) is 5.91. The van der Waals surface area contributed by atoms with Crippen molar-refractivity contribution in [2.24, 2.45) is 0 Å². The number of carbonyl (C=O) groups is 1. The Morgan fingerprint density at radius 2 is 2.00 bits per heavy atom. The van der Waals surface area contributed by atoms with Crippen LogP contribution in [0.15, 0.2) is 48.7 Å². The van der Waals surface area contributed by atoms with Crippen molar-refractivity contribution in [3.8, 4) is 5.75 Å². The zero-order valence-electron chi connectivity index (χ0n) is 12.8. The first-order chi connectivity index (χ1) is 10.7. The molecule has 0 aliphatic carbocycles. The monoisotopic (exact) mass is 300 g/mol. The van der Waals surface area contributed by atoms with E-state index in [0.717, 1.165) is 11.3 Å². The van der Waals surface area contributed by atoms with E-state index in [4.69, 9.17) is 9.47 Å². The molecule has 0 aliphatic heterocycles. The molecule has 1 N–H and O–H groups in total. The Morgan fingerprint density at radius 3 is 2.59 bits per heavy atom. The third kappa shape index (κ3) is 4.30. The first-order valence-electron chi connectivity index (χ1n) is 7.18. The van der Waals surface area contributed by atoms with E-state index in [1.54, 1.807) is 31.5 Å². The summed E-state index contributed by atoms with van der Waals surface area (Å²) in [5.74, 6) is 0.579. The molecule has 1 amide bonds. The molecule has 0 aliphatic rings. The molecule has 1 atom stereocenters. The predicted octanol–water partition coefficient (Wildman–Crippen LogP) is 2.60. The van der Waals surface area contributed by atoms with Gasteiger partial charge in [0.15, 0.2) is 0 Å². The van der Waals surface area contributed by atoms with Gasteiger partial charge in [-0.2, -0.15) is 0 Å². The molecule has 0 saturated carbocycles. The quantitative estimate of drug-likeness (QED) is 0.854. The fraction of sp³-hybridized carbons (Fsp3) is 0.294. The zero-order valence-corrected chi connectivity index (χ0v) is 12.8. The lowest BCUT2D eigenvalue weighted by atomic mass is 10.1. The van der Waals surface area contributed by atoms with E-state index in [0.29, 0.717) is 18.9 Å². The normalized spacial score (nSPS) is 11.7. The van der Waals surface area contributed by atoms with Crippen LogP contribution in [0.5, 0.6) is 5.75 Å². The summed E-state index contributed by atoms with van der Waals surface area (Å²) in [7, 11) is 1.61. The average Bonchev–Trinajstić information content (AvgIpc) is 2.56. The van der Waals surface area contributed by atoms with E-state index in [2.05, 4.69) is 10.3 Å². The molecule has 0 radical (unpaired) electrons. The molecule has 0 bridgehead atoms. The van der Waals surface area contributed by atoms with E-state index in [-0.39, 0.29) is 11.9 Å². The number of pyridine rings is 1. The smallest absolute Gasteiger partial charge is 0.270 e. The molecule has 1 aromatic carbocycles. The number of ether oxygens (including phenoxy) is 2. The van der Waals surface area contributed by atoms with Crippen LogP contribution in [-0.4, -0.2) is 31.2 Å². The predicted molar refractivity (Wildman–Crippen MR) is 83.9 cm³/mol. The Bertz CT molecular complexity index is 585. The first kappa shape index (κ1) is 16.0. The lowest BCUT2D eigenvalue weighted by molar-refractivity contribution is 0.0891. The fourth-order valence-corrected chi connectivity index (χ4v) is 2.08. The second kappa shape index (κ2) is 8.14. The Labute approximate surface area is 130 Å². The van der Waals surface area contributed by atoms with Crippen molar-refractivity contribution >= 4 is 5.91 Å². The summed E-state index contributed by atoms with van der Waals surface area (Å²) >= 11 is 0. The maximum absolute atomic E-state index is 12.2. The van der Waals surface area contributed by atoms with E-state index < -0.39 is 0 Å². The minimum Gasteiger partial charge on any atom is -0.494 e. The fourth-order valence-electron chi connectivity index (χ4n) is 2.08. The van der Waals surface area contributed by atoms with Gasteiger partial charge in [0.2, 0.25) is 0 Å². The number of methoxy groups -OCH3 is 1. The van der Waals surface area contributed by atoms with Crippen molar-refractivity contribution < 1.29 is 14.3 Å². The number of amides is 1. The van der Waals surface area contributed by atoms with Crippen LogP contribution in [0.4, 0.5) is 0 Å². The van der Waals surface area contributed by atoms with Gasteiger partial charge in [0, 0.05) is 13.3 Å². The summed E-state index contributed by atoms with van der Waals surface area (Å²) < 4.78 is 10.6. The van der Waals surface area contributed by atoms with Gasteiger partial charge in [-0.3, -0.25) is 9.78 Å². The second-order valence-corrected chi connectivity index (χ2v) is 4.70. The number of benzene rings is 1. The lowest BCUT2D eigenvalue weighted by Crippen LogP contribution is -2.31. The van der Waals surface area contributed by atoms with Crippen LogP contribution in [0.1, 0.15) is 29.0 Å². The van der Waals surface area contributed by atoms with Crippen molar-refractivity contribution in [2.75, 3.05) is 20.3 Å². The van der Waals surface area contributed by atoms with Crippen molar-refractivity contribution in [3.05, 3.63) is 59.9 Å². The Hall–Kier alpha value is -2.40. The van der Waals surface area contributed by atoms with Crippen molar-refractivity contribution in [2.45, 2.75) is 13.0 Å². The zero-order chi connectivity index (χ0) is 15.8. The minimum atomic E-state index is -0.241. The van der Waals surface area contributed by atoms with E-state index >= 15 is 0 Å². The topological polar surface area (TPSA) is 60.5 Å². The van der Waals surface area contributed by atoms with Crippen LogP contribution in [-0.2, 0) is 4.74 Å². The van der Waals surface area contributed by atoms with Crippen LogP contribution >= 0.6 is 0 Å². The lowest BCUT2D eigenvalue weighted by Gasteiger charge is -2.18. The van der Waals surface area contributed by atoms with E-state index in [1.807, 2.05) is 31.2 Å². The average molecular weight is 300 g/mol. The highest BCUT2D eigenvalue weighted by Gasteiger charge is 2.16. The third-order valence-electron chi connectivity index (χ3n) is 3.13. The van der Waals surface area contributed by atoms with Gasteiger partial charge in [-0.05, 0) is 36.8 Å². The summed E-state index contributed by atoms with van der Waals surface area (Å²) in [5.41, 5.74) is 1.34. The number of hydrogen-bond donors (Lipinski definition) is 1. The SMILES string of the molecule is CCOc1ccc(C(COC)NC(=O)c2ccccn2)cc1. The highest BCUT2D eigenvalue weighted by atomic mass is 16.5. The molecule has 1 unspecified atom stereocenters. The van der Waals surface area contributed by atoms with E-state index in [1.165, 1.54) is 0 Å². The molecule has 0 fully saturated rings. The molecular weight excluding hydrogens is 280 g/mol. The molecule has 0 spiro atoms. The molecule has 2 rings (SSSR count). The van der Waals surface area contributed by atoms with Gasteiger partial charge in [0.25, 0.3) is 5.91 Å². The van der Waals surface area contributed by atoms with Crippen LogP contribution in [0, 0.1) is 0 Å². The highest BCUT2D eigenvalue weighted by molar-refractivity contribution is 5.92. The number of carbonyl (C=O) groups excluding carboxylic acids is 1. The summed E-state index contributed by atoms with van der Waals surface area (Å²) in [4.78, 5) is 16.3. The molecule has 5 nitrogen and oxygen atoms in total. The minimum absolute atomic E-state index is 0.225. The third-order valence-corrected chi connectivity index (χ3v) is 3.13. The maximum Gasteiger partial charge on any atom is 0.270 e. The largest absolute Gasteiger partial charge is 0.494 e. The van der Waals surface area contributed by atoms with Crippen LogP contribution in [0.25, 0.3) is 0 Å². The highest BCUT2D eigenvalue weighted by Crippen LogP contribution is 2.18. The number of aromatic nitrogens is 1. The van der Waals surface area contributed by atoms with Crippen molar-refractivity contribution in [1.29, 1.82) is 0 Å². The van der Waals surface area contributed by atoms with Crippen molar-refractivity contribution in [3.63, 3.8) is 0 Å². The standard InChI is InChI=1S/C17H20N2O3/c1-3-22-14-9-7-13(8-10-14)16(12-21-2)19-17(20)15-6-4-5-11-18-15/h4-11,16H,3,12H2,1-2H3,(H,19,20). The van der Waals surface area contributed by atoms with Gasteiger partial charge >= 0.3 is 0 Å². The molecule has 1 aromatic heterocycles. The number of rotatable bonds is 7. The first-order valence-corrected chi connectivity index (χ1v) is 7.18. The van der Waals surface area contributed by atoms with Gasteiger partial charge < -0.3 is 14.8 Å². The van der Waals surface area contributed by atoms with Crippen LogP contribution in [0.2, 0.25) is 0 Å². The molecular formula is C17H20N2O3. The van der Waals surface area contributed by atoms with Crippen LogP contribution in [0.3, 0.4) is 0 Å². The van der Waals surface area contributed by atoms with Crippen molar-refractivity contribution in [1.82, 2.24) is 10.3 Å². The second-order valence-electron chi connectivity index (χ2n) is 4.70. The Balaban J connectivity index is 2.10. The summed E-state index contributed by atoms with van der Waals surface area (Å²) in [6.07, 6.45) is 1.59. The molecule has 0 saturated heterocycles. The molecule has 5 heteroatoms. The van der Waals surface area contributed by atoms with Gasteiger partial charge in [-0.25, -0.2) is 0 Å². The van der Waals surface area contributed by atoms with Crippen LogP contribution < -0.4 is 10.1 Å². The molecule has 116 valence electrons.